The first kappa shape index (κ1) is 25.5. The van der Waals surface area contributed by atoms with Gasteiger partial charge in [0.15, 0.2) is 0 Å². The van der Waals surface area contributed by atoms with Crippen LogP contribution in [0.5, 0.6) is 0 Å². The Balaban J connectivity index is 2.05. The maximum Gasteiger partial charge on any atom is 0.305 e. The predicted octanol–water partition coefficient (Wildman–Crippen LogP) is 5.51. The summed E-state index contributed by atoms with van der Waals surface area (Å²) in [5.41, 5.74) is 6.32. The van der Waals surface area contributed by atoms with E-state index < -0.39 is 24.6 Å². The number of aliphatic hydroxyl groups excluding tert-OH is 2. The van der Waals surface area contributed by atoms with E-state index in [0.717, 1.165) is 39.2 Å². The fourth-order valence-corrected chi connectivity index (χ4v) is 4.29. The molecule has 3 N–H and O–H groups in total. The van der Waals surface area contributed by atoms with Crippen LogP contribution in [0.2, 0.25) is 0 Å². The van der Waals surface area contributed by atoms with Crippen LogP contribution in [-0.4, -0.2) is 38.5 Å². The molecule has 0 aliphatic rings. The third-order valence-electron chi connectivity index (χ3n) is 5.93. The van der Waals surface area contributed by atoms with Crippen LogP contribution in [0, 0.1) is 12.7 Å². The summed E-state index contributed by atoms with van der Waals surface area (Å²) in [6, 6.07) is 16.6. The van der Waals surface area contributed by atoms with E-state index in [2.05, 4.69) is 13.8 Å². The molecule has 1 heterocycles. The van der Waals surface area contributed by atoms with E-state index >= 15 is 0 Å². The van der Waals surface area contributed by atoms with Crippen molar-refractivity contribution in [2.45, 2.75) is 64.6 Å². The number of pyridine rings is 1. The van der Waals surface area contributed by atoms with Crippen molar-refractivity contribution in [3.63, 3.8) is 0 Å². The fourth-order valence-electron chi connectivity index (χ4n) is 4.29. The molecule has 34 heavy (non-hydrogen) atoms. The van der Waals surface area contributed by atoms with E-state index in [1.54, 1.807) is 6.07 Å². The summed E-state index contributed by atoms with van der Waals surface area (Å²) in [5.74, 6) is -1.29. The average Bonchev–Trinajstić information content (AvgIpc) is 2.77. The third kappa shape index (κ3) is 6.49. The van der Waals surface area contributed by atoms with Crippen LogP contribution in [0.1, 0.15) is 55.8 Å². The number of benzene rings is 2. The Morgan fingerprint density at radius 1 is 1.00 bits per heavy atom. The number of aliphatic hydroxyl groups is 2. The van der Waals surface area contributed by atoms with Gasteiger partial charge in [-0.15, -0.1) is 0 Å². The van der Waals surface area contributed by atoms with Gasteiger partial charge in [0, 0.05) is 11.3 Å². The molecular weight excluding hydrogens is 433 g/mol. The zero-order valence-electron chi connectivity index (χ0n) is 19.8. The number of hydrogen-bond acceptors (Lipinski definition) is 4. The number of rotatable bonds is 10. The Hall–Kier alpha value is -3.09. The lowest BCUT2D eigenvalue weighted by atomic mass is 9.87. The smallest absolute Gasteiger partial charge is 0.305 e. The maximum absolute atomic E-state index is 13.9. The van der Waals surface area contributed by atoms with Gasteiger partial charge in [-0.2, -0.15) is 0 Å². The van der Waals surface area contributed by atoms with E-state index in [-0.39, 0.29) is 18.2 Å². The van der Waals surface area contributed by atoms with Gasteiger partial charge in [-0.1, -0.05) is 50.2 Å². The molecular formula is C28H32FNO4. The summed E-state index contributed by atoms with van der Waals surface area (Å²) in [6.45, 7) is 6.00. The van der Waals surface area contributed by atoms with Crippen LogP contribution in [-0.2, 0) is 11.2 Å². The van der Waals surface area contributed by atoms with Gasteiger partial charge in [-0.05, 0) is 72.6 Å². The van der Waals surface area contributed by atoms with Gasteiger partial charge in [-0.3, -0.25) is 9.78 Å². The van der Waals surface area contributed by atoms with Gasteiger partial charge in [0.05, 0.1) is 24.3 Å². The van der Waals surface area contributed by atoms with Crippen molar-refractivity contribution in [3.05, 3.63) is 77.2 Å². The highest BCUT2D eigenvalue weighted by Crippen LogP contribution is 2.36. The summed E-state index contributed by atoms with van der Waals surface area (Å²) in [5, 5.41) is 29.2. The lowest BCUT2D eigenvalue weighted by Gasteiger charge is -2.22. The highest BCUT2D eigenvalue weighted by atomic mass is 19.1. The van der Waals surface area contributed by atoms with Gasteiger partial charge in [0.2, 0.25) is 0 Å². The molecule has 0 radical (unpaired) electrons. The van der Waals surface area contributed by atoms with E-state index in [9.17, 15) is 19.4 Å². The molecule has 0 fully saturated rings. The molecule has 180 valence electrons. The molecule has 2 atom stereocenters. The summed E-state index contributed by atoms with van der Waals surface area (Å²) in [4.78, 5) is 15.8. The molecule has 2 aromatic carbocycles. The molecule has 6 heteroatoms. The summed E-state index contributed by atoms with van der Waals surface area (Å²) in [7, 11) is 0. The number of hydrogen-bond donors (Lipinski definition) is 3. The first-order valence-electron chi connectivity index (χ1n) is 11.6. The van der Waals surface area contributed by atoms with Crippen molar-refractivity contribution in [3.8, 4) is 22.4 Å². The Kier molecular flexibility index (Phi) is 8.53. The normalized spacial score (nSPS) is 13.1. The molecule has 0 saturated heterocycles. The monoisotopic (exact) mass is 465 g/mol. The van der Waals surface area contributed by atoms with Crippen molar-refractivity contribution >= 4 is 5.97 Å². The Labute approximate surface area is 199 Å². The summed E-state index contributed by atoms with van der Waals surface area (Å²) in [6.07, 6.45) is -1.54. The quantitative estimate of drug-likeness (QED) is 0.368. The van der Waals surface area contributed by atoms with Crippen molar-refractivity contribution in [1.82, 2.24) is 4.98 Å². The highest BCUT2D eigenvalue weighted by molar-refractivity contribution is 5.76. The van der Waals surface area contributed by atoms with Gasteiger partial charge < -0.3 is 15.3 Å². The molecule has 1 aromatic heterocycles. The second-order valence-electron chi connectivity index (χ2n) is 9.08. The molecule has 0 spiro atoms. The number of carboxylic acids is 1. The van der Waals surface area contributed by atoms with Crippen LogP contribution in [0.15, 0.2) is 54.6 Å². The minimum absolute atomic E-state index is 0.0102. The van der Waals surface area contributed by atoms with E-state index in [1.165, 1.54) is 12.1 Å². The van der Waals surface area contributed by atoms with Gasteiger partial charge in [0.1, 0.15) is 5.82 Å². The third-order valence-corrected chi connectivity index (χ3v) is 5.93. The molecule has 0 unspecified atom stereocenters. The van der Waals surface area contributed by atoms with Gasteiger partial charge >= 0.3 is 5.97 Å². The zero-order chi connectivity index (χ0) is 24.8. The Morgan fingerprint density at radius 2 is 1.71 bits per heavy atom. The standard InChI is InChI=1S/C28H32FNO4/c1-17(2)28-24(12-10-21(31)14-22(32)15-27(33)34)25(23-11-9-20(29)13-18(23)3)16-26(30-28)19-7-5-4-6-8-19/h4-9,11,13,16-17,21-22,31-32H,10,12,14-15H2,1-3H3,(H,33,34)/t21-,22+/m0/s1. The van der Waals surface area contributed by atoms with Crippen molar-refractivity contribution < 1.29 is 24.5 Å². The van der Waals surface area contributed by atoms with E-state index in [4.69, 9.17) is 10.1 Å². The largest absolute Gasteiger partial charge is 0.481 e. The first-order chi connectivity index (χ1) is 16.2. The Bertz CT molecular complexity index is 1130. The summed E-state index contributed by atoms with van der Waals surface area (Å²) >= 11 is 0. The van der Waals surface area contributed by atoms with E-state index in [1.807, 2.05) is 43.3 Å². The van der Waals surface area contributed by atoms with Crippen LogP contribution < -0.4 is 0 Å². The second kappa shape index (κ2) is 11.4. The fraction of sp³-hybridized carbons (Fsp3) is 0.357. The molecule has 0 saturated carbocycles. The zero-order valence-corrected chi connectivity index (χ0v) is 19.8. The highest BCUT2D eigenvalue weighted by Gasteiger charge is 2.21. The lowest BCUT2D eigenvalue weighted by Crippen LogP contribution is -2.21. The van der Waals surface area contributed by atoms with Crippen LogP contribution in [0.4, 0.5) is 4.39 Å². The number of carboxylic acid groups (broad SMARTS) is 1. The maximum atomic E-state index is 13.9. The van der Waals surface area contributed by atoms with Crippen molar-refractivity contribution in [2.75, 3.05) is 0 Å². The molecule has 0 aliphatic carbocycles. The number of carbonyl (C=O) groups is 1. The van der Waals surface area contributed by atoms with Gasteiger partial charge in [0.25, 0.3) is 0 Å². The molecule has 0 aliphatic heterocycles. The molecule has 0 bridgehead atoms. The lowest BCUT2D eigenvalue weighted by molar-refractivity contribution is -0.139. The number of aryl methyl sites for hydroxylation is 1. The van der Waals surface area contributed by atoms with Crippen LogP contribution in [0.25, 0.3) is 22.4 Å². The second-order valence-corrected chi connectivity index (χ2v) is 9.08. The summed E-state index contributed by atoms with van der Waals surface area (Å²) < 4.78 is 13.9. The number of halogens is 1. The number of nitrogens with zero attached hydrogens (tertiary/aromatic N) is 1. The van der Waals surface area contributed by atoms with Crippen LogP contribution >= 0.6 is 0 Å². The number of aliphatic carboxylic acids is 1. The Morgan fingerprint density at radius 3 is 2.32 bits per heavy atom. The van der Waals surface area contributed by atoms with Crippen molar-refractivity contribution in [2.24, 2.45) is 0 Å². The molecule has 3 aromatic rings. The molecule has 3 rings (SSSR count). The predicted molar refractivity (Wildman–Crippen MR) is 131 cm³/mol. The molecule has 5 nitrogen and oxygen atoms in total. The number of aromatic nitrogens is 1. The first-order valence-corrected chi connectivity index (χ1v) is 11.6. The van der Waals surface area contributed by atoms with Crippen molar-refractivity contribution in [1.29, 1.82) is 0 Å². The molecule has 0 amide bonds. The van der Waals surface area contributed by atoms with E-state index in [0.29, 0.717) is 12.8 Å². The van der Waals surface area contributed by atoms with Gasteiger partial charge in [-0.25, -0.2) is 4.39 Å². The van der Waals surface area contributed by atoms with Crippen LogP contribution in [0.3, 0.4) is 0 Å². The minimum atomic E-state index is -1.10. The topological polar surface area (TPSA) is 90.7 Å². The SMILES string of the molecule is Cc1cc(F)ccc1-c1cc(-c2ccccc2)nc(C(C)C)c1CC[C@H](O)C[C@@H](O)CC(=O)O. The minimum Gasteiger partial charge on any atom is -0.481 e. The average molecular weight is 466 g/mol.